The fourth-order valence-electron chi connectivity index (χ4n) is 1.48. The first kappa shape index (κ1) is 14.1. The van der Waals surface area contributed by atoms with E-state index in [-0.39, 0.29) is 11.6 Å². The summed E-state index contributed by atoms with van der Waals surface area (Å²) in [6.07, 6.45) is 0. The third kappa shape index (κ3) is 3.39. The summed E-state index contributed by atoms with van der Waals surface area (Å²) in [7, 11) is 0. The molecule has 0 spiro atoms. The highest BCUT2D eigenvalue weighted by atomic mass is 32.1. The third-order valence-electron chi connectivity index (χ3n) is 2.31. The van der Waals surface area contributed by atoms with Gasteiger partial charge < -0.3 is 10.6 Å². The van der Waals surface area contributed by atoms with Gasteiger partial charge in [-0.25, -0.2) is 8.78 Å². The number of carbonyl (C=O) groups excluding carboxylic acids is 2. The van der Waals surface area contributed by atoms with Gasteiger partial charge in [0.2, 0.25) is 5.91 Å². The standard InChI is InChI=1S/C13H10F2N2O2S/c1-7(18)16-12-5-4-11(20-12)13(19)17-10-3-2-8(14)6-9(10)15/h2-6H,1H3,(H,16,18)(H,17,19). The van der Waals surface area contributed by atoms with Gasteiger partial charge in [-0.2, -0.15) is 0 Å². The van der Waals surface area contributed by atoms with Crippen LogP contribution in [0.4, 0.5) is 19.5 Å². The molecule has 0 aliphatic carbocycles. The van der Waals surface area contributed by atoms with Gasteiger partial charge in [-0.05, 0) is 24.3 Å². The Morgan fingerprint density at radius 1 is 1.10 bits per heavy atom. The Hall–Kier alpha value is -2.28. The van der Waals surface area contributed by atoms with E-state index in [4.69, 9.17) is 0 Å². The third-order valence-corrected chi connectivity index (χ3v) is 3.31. The van der Waals surface area contributed by atoms with Crippen LogP contribution in [-0.4, -0.2) is 11.8 Å². The highest BCUT2D eigenvalue weighted by Gasteiger charge is 2.12. The number of benzene rings is 1. The number of halogens is 2. The summed E-state index contributed by atoms with van der Waals surface area (Å²) in [5, 5.41) is 5.39. The van der Waals surface area contributed by atoms with Gasteiger partial charge in [-0.1, -0.05) is 0 Å². The van der Waals surface area contributed by atoms with Crippen LogP contribution >= 0.6 is 11.3 Å². The maximum Gasteiger partial charge on any atom is 0.265 e. The SMILES string of the molecule is CC(=O)Nc1ccc(C(=O)Nc2ccc(F)cc2F)s1. The van der Waals surface area contributed by atoms with Crippen molar-refractivity contribution in [3.63, 3.8) is 0 Å². The number of carbonyl (C=O) groups is 2. The molecule has 4 nitrogen and oxygen atoms in total. The molecule has 2 amide bonds. The average molecular weight is 296 g/mol. The Morgan fingerprint density at radius 3 is 2.50 bits per heavy atom. The summed E-state index contributed by atoms with van der Waals surface area (Å²) in [6, 6.07) is 5.96. The zero-order valence-corrected chi connectivity index (χ0v) is 11.2. The summed E-state index contributed by atoms with van der Waals surface area (Å²) in [5.74, 6) is -2.35. The van der Waals surface area contributed by atoms with Gasteiger partial charge in [0.25, 0.3) is 5.91 Å². The van der Waals surface area contributed by atoms with Crippen molar-refractivity contribution in [1.29, 1.82) is 0 Å². The van der Waals surface area contributed by atoms with Crippen LogP contribution < -0.4 is 10.6 Å². The number of amides is 2. The first-order valence-electron chi connectivity index (χ1n) is 5.59. The number of hydrogen-bond donors (Lipinski definition) is 2. The molecule has 0 bridgehead atoms. The Labute approximate surface area is 117 Å². The van der Waals surface area contributed by atoms with Crippen molar-refractivity contribution in [2.75, 3.05) is 10.6 Å². The van der Waals surface area contributed by atoms with Gasteiger partial charge in [-0.15, -0.1) is 11.3 Å². The number of rotatable bonds is 3. The molecule has 0 aliphatic rings. The molecule has 0 fully saturated rings. The largest absolute Gasteiger partial charge is 0.319 e. The second kappa shape index (κ2) is 5.79. The number of anilines is 2. The lowest BCUT2D eigenvalue weighted by atomic mass is 10.3. The molecular weight excluding hydrogens is 286 g/mol. The Kier molecular flexibility index (Phi) is 4.09. The van der Waals surface area contributed by atoms with Crippen molar-refractivity contribution in [3.8, 4) is 0 Å². The van der Waals surface area contributed by atoms with Gasteiger partial charge in [0.1, 0.15) is 11.6 Å². The lowest BCUT2D eigenvalue weighted by Crippen LogP contribution is -2.11. The predicted molar refractivity (Wildman–Crippen MR) is 72.9 cm³/mol. The molecule has 0 aliphatic heterocycles. The van der Waals surface area contributed by atoms with Crippen molar-refractivity contribution < 1.29 is 18.4 Å². The zero-order valence-electron chi connectivity index (χ0n) is 10.4. The molecule has 1 heterocycles. The van der Waals surface area contributed by atoms with Gasteiger partial charge in [-0.3, -0.25) is 9.59 Å². The maximum absolute atomic E-state index is 13.4. The van der Waals surface area contributed by atoms with Crippen molar-refractivity contribution in [1.82, 2.24) is 0 Å². The van der Waals surface area contributed by atoms with E-state index in [0.717, 1.165) is 23.5 Å². The second-order valence-corrected chi connectivity index (χ2v) is 5.01. The molecule has 2 rings (SSSR count). The van der Waals surface area contributed by atoms with Gasteiger partial charge >= 0.3 is 0 Å². The minimum absolute atomic E-state index is 0.106. The first-order valence-corrected chi connectivity index (χ1v) is 6.41. The monoisotopic (exact) mass is 296 g/mol. The molecular formula is C13H10F2N2O2S. The molecule has 1 aromatic heterocycles. The van der Waals surface area contributed by atoms with Crippen molar-refractivity contribution in [3.05, 3.63) is 46.8 Å². The van der Waals surface area contributed by atoms with Crippen LogP contribution in [0.3, 0.4) is 0 Å². The molecule has 1 aromatic carbocycles. The van der Waals surface area contributed by atoms with Crippen molar-refractivity contribution in [2.45, 2.75) is 6.92 Å². The van der Waals surface area contributed by atoms with Crippen LogP contribution in [0, 0.1) is 11.6 Å². The molecule has 20 heavy (non-hydrogen) atoms. The number of hydrogen-bond acceptors (Lipinski definition) is 3. The Balaban J connectivity index is 2.11. The predicted octanol–water partition coefficient (Wildman–Crippen LogP) is 3.24. The molecule has 0 radical (unpaired) electrons. The van der Waals surface area contributed by atoms with Crippen LogP contribution in [0.25, 0.3) is 0 Å². The number of thiophene rings is 1. The van der Waals surface area contributed by atoms with E-state index in [9.17, 15) is 18.4 Å². The van der Waals surface area contributed by atoms with Crippen LogP contribution in [-0.2, 0) is 4.79 Å². The fourth-order valence-corrected chi connectivity index (χ4v) is 2.32. The van der Waals surface area contributed by atoms with Crippen molar-refractivity contribution in [2.24, 2.45) is 0 Å². The smallest absolute Gasteiger partial charge is 0.265 e. The van der Waals surface area contributed by atoms with E-state index >= 15 is 0 Å². The Bertz CT molecular complexity index is 670. The second-order valence-electron chi connectivity index (χ2n) is 3.92. The minimum atomic E-state index is -0.850. The summed E-state index contributed by atoms with van der Waals surface area (Å²) in [5.41, 5.74) is -0.106. The number of nitrogens with one attached hydrogen (secondary N) is 2. The summed E-state index contributed by atoms with van der Waals surface area (Å²) < 4.78 is 26.1. The van der Waals surface area contributed by atoms with Crippen molar-refractivity contribution >= 4 is 33.8 Å². The lowest BCUT2D eigenvalue weighted by molar-refractivity contribution is -0.114. The van der Waals surface area contributed by atoms with Gasteiger partial charge in [0, 0.05) is 13.0 Å². The molecule has 0 saturated heterocycles. The molecule has 0 saturated carbocycles. The quantitative estimate of drug-likeness (QED) is 0.913. The average Bonchev–Trinajstić information content (AvgIpc) is 2.80. The highest BCUT2D eigenvalue weighted by molar-refractivity contribution is 7.18. The Morgan fingerprint density at radius 2 is 1.85 bits per heavy atom. The van der Waals surface area contributed by atoms with E-state index < -0.39 is 17.5 Å². The minimum Gasteiger partial charge on any atom is -0.319 e. The highest BCUT2D eigenvalue weighted by Crippen LogP contribution is 2.23. The topological polar surface area (TPSA) is 58.2 Å². The summed E-state index contributed by atoms with van der Waals surface area (Å²) in [4.78, 5) is 23.0. The zero-order chi connectivity index (χ0) is 14.7. The van der Waals surface area contributed by atoms with E-state index in [1.807, 2.05) is 0 Å². The summed E-state index contributed by atoms with van der Waals surface area (Å²) >= 11 is 1.06. The summed E-state index contributed by atoms with van der Waals surface area (Å²) in [6.45, 7) is 1.35. The normalized spacial score (nSPS) is 10.2. The molecule has 2 N–H and O–H groups in total. The van der Waals surface area contributed by atoms with Gasteiger partial charge in [0.15, 0.2) is 0 Å². The van der Waals surface area contributed by atoms with Crippen LogP contribution in [0.15, 0.2) is 30.3 Å². The van der Waals surface area contributed by atoms with Crippen LogP contribution in [0.5, 0.6) is 0 Å². The van der Waals surface area contributed by atoms with Crippen LogP contribution in [0.2, 0.25) is 0 Å². The van der Waals surface area contributed by atoms with Crippen LogP contribution in [0.1, 0.15) is 16.6 Å². The molecule has 7 heteroatoms. The van der Waals surface area contributed by atoms with E-state index in [2.05, 4.69) is 10.6 Å². The molecule has 0 unspecified atom stereocenters. The van der Waals surface area contributed by atoms with E-state index in [1.165, 1.54) is 13.0 Å². The van der Waals surface area contributed by atoms with Gasteiger partial charge in [0.05, 0.1) is 15.6 Å². The molecule has 2 aromatic rings. The lowest BCUT2D eigenvalue weighted by Gasteiger charge is -2.04. The van der Waals surface area contributed by atoms with E-state index in [0.29, 0.717) is 15.9 Å². The van der Waals surface area contributed by atoms with E-state index in [1.54, 1.807) is 6.07 Å². The molecule has 104 valence electrons. The first-order chi connectivity index (χ1) is 9.45. The fraction of sp³-hybridized carbons (Fsp3) is 0.0769. The molecule has 0 atom stereocenters. The maximum atomic E-state index is 13.4.